The second-order valence-electron chi connectivity index (χ2n) is 5.25. The number of amides is 1. The highest BCUT2D eigenvalue weighted by molar-refractivity contribution is 5.92. The van der Waals surface area contributed by atoms with Gasteiger partial charge in [-0.2, -0.15) is 5.10 Å². The van der Waals surface area contributed by atoms with Crippen molar-refractivity contribution in [2.45, 2.75) is 18.9 Å². The molecule has 0 aliphatic carbocycles. The van der Waals surface area contributed by atoms with Gasteiger partial charge in [-0.3, -0.25) is 9.59 Å². The van der Waals surface area contributed by atoms with Gasteiger partial charge in [0.15, 0.2) is 0 Å². The Kier molecular flexibility index (Phi) is 3.56. The van der Waals surface area contributed by atoms with Gasteiger partial charge in [0, 0.05) is 19.7 Å². The first-order valence-electron chi connectivity index (χ1n) is 7.07. The van der Waals surface area contributed by atoms with Crippen LogP contribution in [0.2, 0.25) is 0 Å². The predicted molar refractivity (Wildman–Crippen MR) is 78.9 cm³/mol. The first-order chi connectivity index (χ1) is 10.2. The van der Waals surface area contributed by atoms with Crippen molar-refractivity contribution in [1.82, 2.24) is 14.7 Å². The van der Waals surface area contributed by atoms with Gasteiger partial charge in [0.25, 0.3) is 11.5 Å². The normalized spacial score (nSPS) is 18.0. The number of aromatic nitrogens is 2. The Labute approximate surface area is 122 Å². The van der Waals surface area contributed by atoms with E-state index >= 15 is 0 Å². The maximum atomic E-state index is 12.6. The SMILES string of the molecule is Cn1nc(C(=O)N2CCCC2c2ccccc2)ccc1=O. The average Bonchev–Trinajstić information content (AvgIpc) is 2.99. The van der Waals surface area contributed by atoms with E-state index in [0.29, 0.717) is 5.69 Å². The Bertz CT molecular complexity index is 709. The number of hydrogen-bond donors (Lipinski definition) is 0. The highest BCUT2D eigenvalue weighted by atomic mass is 16.2. The third-order valence-electron chi connectivity index (χ3n) is 3.88. The van der Waals surface area contributed by atoms with Crippen LogP contribution in [0.15, 0.2) is 47.3 Å². The smallest absolute Gasteiger partial charge is 0.274 e. The van der Waals surface area contributed by atoms with Gasteiger partial charge in [-0.1, -0.05) is 30.3 Å². The number of carbonyl (C=O) groups is 1. The van der Waals surface area contributed by atoms with Crippen LogP contribution in [0.1, 0.15) is 34.9 Å². The van der Waals surface area contributed by atoms with Crippen molar-refractivity contribution < 1.29 is 4.79 Å². The summed E-state index contributed by atoms with van der Waals surface area (Å²) in [6.07, 6.45) is 1.94. The van der Waals surface area contributed by atoms with E-state index in [1.54, 1.807) is 7.05 Å². The molecule has 0 spiro atoms. The quantitative estimate of drug-likeness (QED) is 0.844. The average molecular weight is 283 g/mol. The number of benzene rings is 1. The maximum Gasteiger partial charge on any atom is 0.274 e. The number of rotatable bonds is 2. The van der Waals surface area contributed by atoms with Crippen LogP contribution in [0.5, 0.6) is 0 Å². The number of hydrogen-bond acceptors (Lipinski definition) is 3. The van der Waals surface area contributed by atoms with Crippen LogP contribution in [-0.4, -0.2) is 27.1 Å². The molecule has 3 rings (SSSR count). The lowest BCUT2D eigenvalue weighted by Gasteiger charge is -2.24. The highest BCUT2D eigenvalue weighted by Gasteiger charge is 2.31. The molecule has 5 nitrogen and oxygen atoms in total. The lowest BCUT2D eigenvalue weighted by Crippen LogP contribution is -2.33. The standard InChI is InChI=1S/C16H17N3O2/c1-18-15(20)10-9-13(17-18)16(21)19-11-5-8-14(19)12-6-3-2-4-7-12/h2-4,6-7,9-10,14H,5,8,11H2,1H3. The van der Waals surface area contributed by atoms with E-state index in [2.05, 4.69) is 5.10 Å². The first-order valence-corrected chi connectivity index (χ1v) is 7.07. The van der Waals surface area contributed by atoms with E-state index < -0.39 is 0 Å². The molecule has 0 saturated carbocycles. The third kappa shape index (κ3) is 2.59. The molecule has 1 atom stereocenters. The van der Waals surface area contributed by atoms with Crippen molar-refractivity contribution in [2.75, 3.05) is 6.54 Å². The molecule has 1 aliphatic rings. The van der Waals surface area contributed by atoms with Crippen molar-refractivity contribution >= 4 is 5.91 Å². The molecule has 0 N–H and O–H groups in total. The summed E-state index contributed by atoms with van der Waals surface area (Å²) in [5, 5.41) is 4.06. The first kappa shape index (κ1) is 13.5. The molecule has 0 radical (unpaired) electrons. The lowest BCUT2D eigenvalue weighted by atomic mass is 10.0. The van der Waals surface area contributed by atoms with E-state index in [9.17, 15) is 9.59 Å². The van der Waals surface area contributed by atoms with E-state index in [1.165, 1.54) is 16.8 Å². The second-order valence-corrected chi connectivity index (χ2v) is 5.25. The molecule has 1 aromatic heterocycles. The van der Waals surface area contributed by atoms with Crippen molar-refractivity contribution in [3.63, 3.8) is 0 Å². The predicted octanol–water partition coefficient (Wildman–Crippen LogP) is 1.76. The zero-order valence-corrected chi connectivity index (χ0v) is 11.9. The molecule has 1 fully saturated rings. The number of aryl methyl sites for hydroxylation is 1. The summed E-state index contributed by atoms with van der Waals surface area (Å²) in [6.45, 7) is 0.725. The Balaban J connectivity index is 1.89. The topological polar surface area (TPSA) is 55.2 Å². The lowest BCUT2D eigenvalue weighted by molar-refractivity contribution is 0.0727. The highest BCUT2D eigenvalue weighted by Crippen LogP contribution is 2.32. The van der Waals surface area contributed by atoms with Crippen molar-refractivity contribution in [3.8, 4) is 0 Å². The van der Waals surface area contributed by atoms with Crippen molar-refractivity contribution in [1.29, 1.82) is 0 Å². The monoisotopic (exact) mass is 283 g/mol. The van der Waals surface area contributed by atoms with Crippen LogP contribution >= 0.6 is 0 Å². The van der Waals surface area contributed by atoms with Crippen LogP contribution in [0.25, 0.3) is 0 Å². The van der Waals surface area contributed by atoms with Crippen LogP contribution in [-0.2, 0) is 7.05 Å². The minimum Gasteiger partial charge on any atom is -0.330 e. The zero-order chi connectivity index (χ0) is 14.8. The Morgan fingerprint density at radius 3 is 2.67 bits per heavy atom. The number of likely N-dealkylation sites (tertiary alicyclic amines) is 1. The van der Waals surface area contributed by atoms with Gasteiger partial charge in [0.05, 0.1) is 6.04 Å². The molecule has 1 aliphatic heterocycles. The van der Waals surface area contributed by atoms with Crippen LogP contribution in [0.4, 0.5) is 0 Å². The Morgan fingerprint density at radius 2 is 1.95 bits per heavy atom. The molecule has 1 unspecified atom stereocenters. The van der Waals surface area contributed by atoms with Crippen molar-refractivity contribution in [3.05, 3.63) is 64.1 Å². The minimum absolute atomic E-state index is 0.0951. The molecular weight excluding hydrogens is 266 g/mol. The molecule has 108 valence electrons. The fourth-order valence-electron chi connectivity index (χ4n) is 2.80. The van der Waals surface area contributed by atoms with Gasteiger partial charge in [0.2, 0.25) is 0 Å². The molecule has 0 bridgehead atoms. The Hall–Kier alpha value is -2.43. The summed E-state index contributed by atoms with van der Waals surface area (Å²) in [4.78, 5) is 25.9. The third-order valence-corrected chi connectivity index (χ3v) is 3.88. The summed E-state index contributed by atoms with van der Waals surface area (Å²) < 4.78 is 1.20. The molecule has 2 heterocycles. The van der Waals surface area contributed by atoms with Gasteiger partial charge in [0.1, 0.15) is 5.69 Å². The molecule has 1 aromatic carbocycles. The van der Waals surface area contributed by atoms with Gasteiger partial charge < -0.3 is 4.90 Å². The summed E-state index contributed by atoms with van der Waals surface area (Å²) in [5.41, 5.74) is 1.25. The van der Waals surface area contributed by atoms with Gasteiger partial charge in [-0.05, 0) is 24.5 Å². The minimum atomic E-state index is -0.215. The fourth-order valence-corrected chi connectivity index (χ4v) is 2.80. The molecule has 5 heteroatoms. The van der Waals surface area contributed by atoms with Gasteiger partial charge in [-0.25, -0.2) is 4.68 Å². The van der Waals surface area contributed by atoms with Crippen molar-refractivity contribution in [2.24, 2.45) is 7.05 Å². The summed E-state index contributed by atoms with van der Waals surface area (Å²) in [6, 6.07) is 13.0. The zero-order valence-electron chi connectivity index (χ0n) is 11.9. The molecule has 1 amide bonds. The van der Waals surface area contributed by atoms with Gasteiger partial charge >= 0.3 is 0 Å². The van der Waals surface area contributed by atoms with E-state index in [-0.39, 0.29) is 17.5 Å². The largest absolute Gasteiger partial charge is 0.330 e. The second kappa shape index (κ2) is 5.52. The summed E-state index contributed by atoms with van der Waals surface area (Å²) >= 11 is 0. The molecule has 1 saturated heterocycles. The van der Waals surface area contributed by atoms with E-state index in [1.807, 2.05) is 35.2 Å². The summed E-state index contributed by atoms with van der Waals surface area (Å²) in [5.74, 6) is -0.114. The van der Waals surface area contributed by atoms with E-state index in [4.69, 9.17) is 0 Å². The summed E-state index contributed by atoms with van der Waals surface area (Å²) in [7, 11) is 1.55. The number of nitrogens with zero attached hydrogens (tertiary/aromatic N) is 3. The molecule has 21 heavy (non-hydrogen) atoms. The maximum absolute atomic E-state index is 12.6. The van der Waals surface area contributed by atoms with Gasteiger partial charge in [-0.15, -0.1) is 0 Å². The fraction of sp³-hybridized carbons (Fsp3) is 0.312. The van der Waals surface area contributed by atoms with Crippen LogP contribution in [0, 0.1) is 0 Å². The molecule has 2 aromatic rings. The van der Waals surface area contributed by atoms with E-state index in [0.717, 1.165) is 24.9 Å². The number of carbonyl (C=O) groups excluding carboxylic acids is 1. The van der Waals surface area contributed by atoms with Crippen LogP contribution in [0.3, 0.4) is 0 Å². The van der Waals surface area contributed by atoms with Crippen LogP contribution < -0.4 is 5.56 Å². The molecular formula is C16H17N3O2. The Morgan fingerprint density at radius 1 is 1.19 bits per heavy atom.